The second kappa shape index (κ2) is 22.8. The summed E-state index contributed by atoms with van der Waals surface area (Å²) in [5.41, 5.74) is 34.3. The Morgan fingerprint density at radius 1 is 0.392 bits per heavy atom. The number of hydrogen-bond acceptors (Lipinski definition) is 4. The van der Waals surface area contributed by atoms with E-state index in [0.717, 1.165) is 111 Å². The van der Waals surface area contributed by atoms with Crippen molar-refractivity contribution in [2.45, 2.75) is 17.3 Å². The molecule has 20 rings (SSSR count). The quantitative estimate of drug-likeness (QED) is 0.127. The number of benzene rings is 13. The number of amidine groups is 1. The largest absolute Gasteiger partial charge is 0.369 e. The molecule has 1 unspecified atom stereocenters. The third-order valence-corrected chi connectivity index (χ3v) is 21.7. The van der Waals surface area contributed by atoms with Gasteiger partial charge in [-0.3, -0.25) is 9.13 Å². The smallest absolute Gasteiger partial charge is 0.238 e. The van der Waals surface area contributed by atoms with Crippen molar-refractivity contribution in [1.82, 2.24) is 24.1 Å². The third kappa shape index (κ3) is 8.53. The number of nitrogens with two attached hydrogens (primary N) is 1. The molecule has 3 heterocycles. The summed E-state index contributed by atoms with van der Waals surface area (Å²) < 4.78 is 4.50. The molecule has 0 saturated carbocycles. The SMILES string of the molecule is C=C(N=C(N=C(N)n1c2ccc(-c3ccc4c(c3)c3ccc5c(c3n4-c3nc(-c4ccccc4)nc(-c4ccccc4)n3)-c3ccccc3C53C/C=C\C=C/C(=C)c4ccccc43)cc2c2ccc3c(c21)-c1ccccc1C31c2ccccc2-c2ccccc21)c1ccccc1)c1ccccc1. The van der Waals surface area contributed by atoms with Gasteiger partial charge in [0, 0.05) is 49.4 Å². The molecular formula is C94H62N8. The number of allylic oxidation sites excluding steroid dienone is 5. The summed E-state index contributed by atoms with van der Waals surface area (Å²) in [5, 5.41) is 4.20. The van der Waals surface area contributed by atoms with Gasteiger partial charge in [-0.05, 0) is 120 Å². The van der Waals surface area contributed by atoms with Crippen LogP contribution in [0, 0.1) is 0 Å². The molecule has 0 saturated heterocycles. The number of nitrogens with zero attached hydrogens (tertiary/aromatic N) is 7. The summed E-state index contributed by atoms with van der Waals surface area (Å²) in [7, 11) is 0. The first-order valence-corrected chi connectivity index (χ1v) is 34.7. The van der Waals surface area contributed by atoms with E-state index in [9.17, 15) is 0 Å². The van der Waals surface area contributed by atoms with Gasteiger partial charge in [-0.25, -0.2) is 9.98 Å². The Bertz CT molecular complexity index is 6280. The molecule has 4 aliphatic rings. The van der Waals surface area contributed by atoms with Gasteiger partial charge < -0.3 is 5.73 Å². The monoisotopic (exact) mass is 1300 g/mol. The molecule has 13 aromatic carbocycles. The Morgan fingerprint density at radius 3 is 1.48 bits per heavy atom. The third-order valence-electron chi connectivity index (χ3n) is 21.7. The molecule has 0 amide bonds. The van der Waals surface area contributed by atoms with Crippen molar-refractivity contribution in [3.63, 3.8) is 0 Å². The maximum absolute atomic E-state index is 7.78. The maximum Gasteiger partial charge on any atom is 0.238 e. The average molecular weight is 1300 g/mol. The Labute approximate surface area is 589 Å². The van der Waals surface area contributed by atoms with E-state index in [-0.39, 0.29) is 5.96 Å². The molecule has 0 radical (unpaired) electrons. The minimum atomic E-state index is -0.608. The van der Waals surface area contributed by atoms with Crippen molar-refractivity contribution in [1.29, 1.82) is 0 Å². The zero-order valence-corrected chi connectivity index (χ0v) is 55.5. The van der Waals surface area contributed by atoms with Gasteiger partial charge in [0.15, 0.2) is 17.5 Å². The molecule has 0 bridgehead atoms. The summed E-state index contributed by atoms with van der Waals surface area (Å²) >= 11 is 0. The van der Waals surface area contributed by atoms with Crippen LogP contribution in [0.2, 0.25) is 0 Å². The Kier molecular flexibility index (Phi) is 13.1. The fraction of sp³-hybridized carbons (Fsp3) is 0.0319. The van der Waals surface area contributed by atoms with Gasteiger partial charge in [0.05, 0.1) is 38.6 Å². The lowest BCUT2D eigenvalue weighted by Gasteiger charge is -2.34. The van der Waals surface area contributed by atoms with E-state index in [4.69, 9.17) is 30.7 Å². The second-order valence-corrected chi connectivity index (χ2v) is 26.9. The Hall–Kier alpha value is -13.4. The van der Waals surface area contributed by atoms with Crippen LogP contribution in [0.3, 0.4) is 0 Å². The molecule has 102 heavy (non-hydrogen) atoms. The van der Waals surface area contributed by atoms with Crippen LogP contribution in [-0.2, 0) is 10.8 Å². The number of fused-ring (bicyclic) bond motifs is 25. The molecular weight excluding hydrogens is 1240 g/mol. The van der Waals surface area contributed by atoms with Gasteiger partial charge in [0.25, 0.3) is 0 Å². The predicted molar refractivity (Wildman–Crippen MR) is 419 cm³/mol. The molecule has 3 aromatic heterocycles. The van der Waals surface area contributed by atoms with Crippen LogP contribution in [0.15, 0.2) is 351 Å². The Balaban J connectivity index is 0.852. The highest BCUT2D eigenvalue weighted by atomic mass is 15.2. The van der Waals surface area contributed by atoms with Crippen molar-refractivity contribution in [3.05, 3.63) is 396 Å². The normalized spacial score (nSPS) is 15.9. The summed E-state index contributed by atoms with van der Waals surface area (Å²) in [6, 6.07) is 108. The van der Waals surface area contributed by atoms with Crippen molar-refractivity contribution in [2.24, 2.45) is 15.7 Å². The van der Waals surface area contributed by atoms with Crippen LogP contribution in [0.5, 0.6) is 0 Å². The first kappa shape index (κ1) is 58.7. The lowest BCUT2D eigenvalue weighted by atomic mass is 9.68. The van der Waals surface area contributed by atoms with Gasteiger partial charge in [0.2, 0.25) is 11.9 Å². The summed E-state index contributed by atoms with van der Waals surface area (Å²) in [5.74, 6) is 2.41. The highest BCUT2D eigenvalue weighted by Crippen LogP contribution is 2.65. The first-order chi connectivity index (χ1) is 50.3. The topological polar surface area (TPSA) is 99.3 Å². The minimum Gasteiger partial charge on any atom is -0.369 e. The fourth-order valence-corrected chi connectivity index (χ4v) is 17.4. The molecule has 1 atom stereocenters. The van der Waals surface area contributed by atoms with E-state index >= 15 is 0 Å². The average Bonchev–Trinajstić information content (AvgIpc) is 1.51. The van der Waals surface area contributed by atoms with Crippen LogP contribution in [0.25, 0.3) is 128 Å². The molecule has 0 fully saturated rings. The van der Waals surface area contributed by atoms with Gasteiger partial charge in [-0.15, -0.1) is 0 Å². The van der Waals surface area contributed by atoms with Crippen LogP contribution in [-0.4, -0.2) is 35.9 Å². The van der Waals surface area contributed by atoms with E-state index in [2.05, 4.69) is 253 Å². The molecule has 8 nitrogen and oxygen atoms in total. The summed E-state index contributed by atoms with van der Waals surface area (Å²) in [6.07, 6.45) is 9.46. The molecule has 16 aromatic rings. The highest BCUT2D eigenvalue weighted by Gasteiger charge is 2.53. The maximum atomic E-state index is 7.78. The molecule has 8 heteroatoms. The summed E-state index contributed by atoms with van der Waals surface area (Å²) in [6.45, 7) is 9.13. The van der Waals surface area contributed by atoms with Gasteiger partial charge >= 0.3 is 0 Å². The first-order valence-electron chi connectivity index (χ1n) is 34.7. The lowest BCUT2D eigenvalue weighted by molar-refractivity contribution is 0.644. The van der Waals surface area contributed by atoms with Gasteiger partial charge in [-0.2, -0.15) is 15.0 Å². The van der Waals surface area contributed by atoms with E-state index < -0.39 is 10.8 Å². The highest BCUT2D eigenvalue weighted by molar-refractivity contribution is 6.22. The number of hydrogen-bond donors (Lipinski definition) is 1. The molecule has 2 N–H and O–H groups in total. The fourth-order valence-electron chi connectivity index (χ4n) is 17.4. The van der Waals surface area contributed by atoms with E-state index in [1.807, 2.05) is 97.1 Å². The van der Waals surface area contributed by atoms with Gasteiger partial charge in [0.1, 0.15) is 0 Å². The lowest BCUT2D eigenvalue weighted by Crippen LogP contribution is -2.27. The van der Waals surface area contributed by atoms with E-state index in [1.165, 1.54) is 55.6 Å². The predicted octanol–water partition coefficient (Wildman–Crippen LogP) is 21.5. The van der Waals surface area contributed by atoms with Crippen LogP contribution in [0.1, 0.15) is 62.1 Å². The van der Waals surface area contributed by atoms with Crippen molar-refractivity contribution in [3.8, 4) is 73.2 Å². The van der Waals surface area contributed by atoms with Gasteiger partial charge in [-0.1, -0.05) is 317 Å². The van der Waals surface area contributed by atoms with Crippen molar-refractivity contribution >= 4 is 66.7 Å². The molecule has 2 spiro atoms. The minimum absolute atomic E-state index is 0.274. The van der Waals surface area contributed by atoms with Crippen LogP contribution >= 0.6 is 0 Å². The van der Waals surface area contributed by atoms with Crippen LogP contribution < -0.4 is 5.73 Å². The second-order valence-electron chi connectivity index (χ2n) is 26.9. The zero-order chi connectivity index (χ0) is 67.8. The summed E-state index contributed by atoms with van der Waals surface area (Å²) in [4.78, 5) is 26.9. The van der Waals surface area contributed by atoms with E-state index in [1.54, 1.807) is 0 Å². The zero-order valence-electron chi connectivity index (χ0n) is 55.5. The van der Waals surface area contributed by atoms with Crippen molar-refractivity contribution in [2.75, 3.05) is 0 Å². The molecule has 478 valence electrons. The number of rotatable bonds is 7. The number of aromatic nitrogens is 5. The number of aliphatic imine (C=N–C) groups is 2. The van der Waals surface area contributed by atoms with Crippen molar-refractivity contribution < 1.29 is 0 Å². The van der Waals surface area contributed by atoms with E-state index in [0.29, 0.717) is 29.1 Å². The Morgan fingerprint density at radius 2 is 0.863 bits per heavy atom. The standard InChI is InChI=1S/C94H62N8/c1-58-28-8-7-27-55-93(75-42-22-17-37-66(58)75)76-43-23-20-40-71(76)84-80(93)51-49-70-74-57-65(48-54-83(74)102(87(70)84)92-99-89(62-33-13-5-14-34-62)97-90(100-92)63-35-15-6-16-36-63)64-47-53-82-73(56-64)69-50-52-81-85(72-41-21-26-46-79(72)94(81)77-44-24-18-38-67(77)68-39-19-25-45-78(68)94)86(69)101(82)91(95)98-88(61-31-11-4-12-32-61)96-59(2)60-29-9-3-10-30-60/h3-54,56-57H,1-2,55H2,(H2,95,96,98)/b27-7-,28-8-. The molecule has 0 aliphatic heterocycles. The van der Waals surface area contributed by atoms with Crippen LogP contribution in [0.4, 0.5) is 0 Å². The molecule has 4 aliphatic carbocycles.